The van der Waals surface area contributed by atoms with Gasteiger partial charge in [0.05, 0.1) is 0 Å². The Kier molecular flexibility index (Phi) is 7.15. The Morgan fingerprint density at radius 1 is 1.00 bits per heavy atom. The quantitative estimate of drug-likeness (QED) is 0.804. The maximum Gasteiger partial charge on any atom is 0.320 e. The van der Waals surface area contributed by atoms with E-state index in [0.29, 0.717) is 6.42 Å². The first-order valence-electron chi connectivity index (χ1n) is 6.83. The van der Waals surface area contributed by atoms with E-state index in [1.165, 1.54) is 5.56 Å². The van der Waals surface area contributed by atoms with Crippen molar-refractivity contribution in [1.29, 1.82) is 0 Å². The summed E-state index contributed by atoms with van der Waals surface area (Å²) in [4.78, 5) is 10.4. The summed E-state index contributed by atoms with van der Waals surface area (Å²) in [6.45, 7) is 1.98. The van der Waals surface area contributed by atoms with Crippen molar-refractivity contribution in [2.24, 2.45) is 11.5 Å². The summed E-state index contributed by atoms with van der Waals surface area (Å²) < 4.78 is 0. The van der Waals surface area contributed by atoms with E-state index in [1.54, 1.807) is 0 Å². The molecular formula is C17H22N2O2. The van der Waals surface area contributed by atoms with Crippen LogP contribution < -0.4 is 11.5 Å². The number of nitrogens with two attached hydrogens (primary N) is 2. The van der Waals surface area contributed by atoms with Gasteiger partial charge < -0.3 is 16.6 Å². The van der Waals surface area contributed by atoms with Crippen LogP contribution in [0.3, 0.4) is 0 Å². The Labute approximate surface area is 125 Å². The monoisotopic (exact) mass is 286 g/mol. The molecule has 5 N–H and O–H groups in total. The number of carboxylic acid groups (broad SMARTS) is 1. The van der Waals surface area contributed by atoms with E-state index in [2.05, 4.69) is 0 Å². The third kappa shape index (κ3) is 6.70. The van der Waals surface area contributed by atoms with E-state index in [-0.39, 0.29) is 6.04 Å². The van der Waals surface area contributed by atoms with Crippen molar-refractivity contribution >= 4 is 5.97 Å². The molecule has 2 aromatic carbocycles. The molecule has 0 aliphatic carbocycles. The molecule has 0 saturated heterocycles. The van der Waals surface area contributed by atoms with Crippen LogP contribution in [0.15, 0.2) is 60.7 Å². The minimum absolute atomic E-state index is 0.159. The highest BCUT2D eigenvalue weighted by molar-refractivity contribution is 5.73. The first-order chi connectivity index (χ1) is 10.0. The van der Waals surface area contributed by atoms with Crippen molar-refractivity contribution in [3.63, 3.8) is 0 Å². The van der Waals surface area contributed by atoms with Gasteiger partial charge in [0.25, 0.3) is 0 Å². The first-order valence-corrected chi connectivity index (χ1v) is 6.83. The Morgan fingerprint density at radius 2 is 1.48 bits per heavy atom. The molecule has 0 spiro atoms. The highest BCUT2D eigenvalue weighted by atomic mass is 16.4. The van der Waals surface area contributed by atoms with Crippen molar-refractivity contribution in [2.45, 2.75) is 25.4 Å². The molecule has 21 heavy (non-hydrogen) atoms. The minimum atomic E-state index is -0.959. The van der Waals surface area contributed by atoms with Crippen LogP contribution in [-0.2, 0) is 11.2 Å². The average molecular weight is 286 g/mol. The van der Waals surface area contributed by atoms with Crippen molar-refractivity contribution < 1.29 is 9.90 Å². The number of rotatable bonds is 4. The molecule has 0 aromatic heterocycles. The summed E-state index contributed by atoms with van der Waals surface area (Å²) in [5.41, 5.74) is 13.1. The number of aliphatic carboxylic acids is 1. The fraction of sp³-hybridized carbons (Fsp3) is 0.235. The van der Waals surface area contributed by atoms with E-state index in [0.717, 1.165) is 5.56 Å². The maximum atomic E-state index is 10.4. The zero-order valence-corrected chi connectivity index (χ0v) is 12.1. The lowest BCUT2D eigenvalue weighted by Gasteiger charge is -2.04. The smallest absolute Gasteiger partial charge is 0.320 e. The van der Waals surface area contributed by atoms with Gasteiger partial charge in [0.15, 0.2) is 0 Å². The zero-order valence-electron chi connectivity index (χ0n) is 12.1. The Balaban J connectivity index is 0.000000219. The second-order valence-electron chi connectivity index (χ2n) is 4.83. The van der Waals surface area contributed by atoms with Gasteiger partial charge in [-0.15, -0.1) is 0 Å². The normalized spacial score (nSPS) is 12.7. The third-order valence-corrected chi connectivity index (χ3v) is 2.94. The van der Waals surface area contributed by atoms with Gasteiger partial charge in [-0.2, -0.15) is 0 Å². The molecule has 2 aromatic rings. The second kappa shape index (κ2) is 8.89. The Morgan fingerprint density at radius 3 is 1.86 bits per heavy atom. The third-order valence-electron chi connectivity index (χ3n) is 2.94. The maximum absolute atomic E-state index is 10.4. The molecule has 0 fully saturated rings. The topological polar surface area (TPSA) is 89.3 Å². The number of carboxylic acids is 1. The highest BCUT2D eigenvalue weighted by Gasteiger charge is 2.10. The number of hydrogen-bond donors (Lipinski definition) is 3. The summed E-state index contributed by atoms with van der Waals surface area (Å²) >= 11 is 0. The molecule has 0 heterocycles. The number of benzene rings is 2. The van der Waals surface area contributed by atoms with Crippen molar-refractivity contribution in [2.75, 3.05) is 0 Å². The summed E-state index contributed by atoms with van der Waals surface area (Å²) in [5, 5.41) is 8.52. The fourth-order valence-electron chi connectivity index (χ4n) is 1.71. The van der Waals surface area contributed by atoms with Gasteiger partial charge in [-0.3, -0.25) is 4.79 Å². The molecule has 0 bridgehead atoms. The van der Waals surface area contributed by atoms with Gasteiger partial charge in [-0.05, 0) is 24.5 Å². The van der Waals surface area contributed by atoms with Crippen LogP contribution in [0.5, 0.6) is 0 Å². The molecule has 2 unspecified atom stereocenters. The van der Waals surface area contributed by atoms with E-state index < -0.39 is 12.0 Å². The van der Waals surface area contributed by atoms with Crippen LogP contribution in [-0.4, -0.2) is 17.1 Å². The predicted octanol–water partition coefficient (Wildman–Crippen LogP) is 2.35. The van der Waals surface area contributed by atoms with Crippen molar-refractivity contribution in [3.8, 4) is 0 Å². The molecular weight excluding hydrogens is 264 g/mol. The van der Waals surface area contributed by atoms with Crippen LogP contribution in [0, 0.1) is 0 Å². The largest absolute Gasteiger partial charge is 0.480 e. The van der Waals surface area contributed by atoms with E-state index >= 15 is 0 Å². The van der Waals surface area contributed by atoms with E-state index in [9.17, 15) is 4.79 Å². The minimum Gasteiger partial charge on any atom is -0.480 e. The first kappa shape index (κ1) is 16.9. The van der Waals surface area contributed by atoms with Gasteiger partial charge in [0.2, 0.25) is 0 Å². The van der Waals surface area contributed by atoms with Crippen molar-refractivity contribution in [3.05, 3.63) is 71.8 Å². The van der Waals surface area contributed by atoms with Gasteiger partial charge in [-0.25, -0.2) is 0 Å². The fourth-order valence-corrected chi connectivity index (χ4v) is 1.71. The molecule has 2 atom stereocenters. The molecule has 0 radical (unpaired) electrons. The van der Waals surface area contributed by atoms with Gasteiger partial charge in [0, 0.05) is 6.04 Å². The number of hydrogen-bond acceptors (Lipinski definition) is 3. The lowest BCUT2D eigenvalue weighted by molar-refractivity contribution is -0.138. The molecule has 4 heteroatoms. The SMILES string of the molecule is CC(N)c1ccccc1.NC(Cc1ccccc1)C(=O)O. The molecule has 112 valence electrons. The van der Waals surface area contributed by atoms with Gasteiger partial charge in [0.1, 0.15) is 6.04 Å². The van der Waals surface area contributed by atoms with E-state index in [1.807, 2.05) is 67.6 Å². The van der Waals surface area contributed by atoms with Crippen LogP contribution >= 0.6 is 0 Å². The molecule has 0 aliphatic rings. The molecule has 2 rings (SSSR count). The van der Waals surface area contributed by atoms with Crippen LogP contribution in [0.4, 0.5) is 0 Å². The van der Waals surface area contributed by atoms with Crippen molar-refractivity contribution in [1.82, 2.24) is 0 Å². The molecule has 0 amide bonds. The van der Waals surface area contributed by atoms with Gasteiger partial charge >= 0.3 is 5.97 Å². The lowest BCUT2D eigenvalue weighted by Crippen LogP contribution is -2.32. The van der Waals surface area contributed by atoms with Crippen LogP contribution in [0.2, 0.25) is 0 Å². The second-order valence-corrected chi connectivity index (χ2v) is 4.83. The Hall–Kier alpha value is -2.17. The average Bonchev–Trinajstić information content (AvgIpc) is 2.49. The molecule has 4 nitrogen and oxygen atoms in total. The summed E-state index contributed by atoms with van der Waals surface area (Å²) in [7, 11) is 0. The highest BCUT2D eigenvalue weighted by Crippen LogP contribution is 2.06. The Bertz CT molecular complexity index is 527. The summed E-state index contributed by atoms with van der Waals surface area (Å²) in [6, 6.07) is 18.8. The lowest BCUT2D eigenvalue weighted by atomic mass is 10.1. The van der Waals surface area contributed by atoms with E-state index in [4.69, 9.17) is 16.6 Å². The summed E-state index contributed by atoms with van der Waals surface area (Å²) in [6.07, 6.45) is 0.385. The zero-order chi connectivity index (χ0) is 15.7. The summed E-state index contributed by atoms with van der Waals surface area (Å²) in [5.74, 6) is -0.959. The van der Waals surface area contributed by atoms with Gasteiger partial charge in [-0.1, -0.05) is 60.7 Å². The molecule has 0 saturated carbocycles. The number of carbonyl (C=O) groups is 1. The standard InChI is InChI=1S/C9H11NO2.C8H11N/c10-8(9(11)12)6-7-4-2-1-3-5-7;1-7(9)8-5-3-2-4-6-8/h1-5,8H,6,10H2,(H,11,12);2-7H,9H2,1H3. The molecule has 0 aliphatic heterocycles. The predicted molar refractivity (Wildman–Crippen MR) is 84.8 cm³/mol. The van der Waals surface area contributed by atoms with Crippen LogP contribution in [0.25, 0.3) is 0 Å². The van der Waals surface area contributed by atoms with Crippen LogP contribution in [0.1, 0.15) is 24.1 Å².